The van der Waals surface area contributed by atoms with Crippen molar-refractivity contribution < 1.29 is 18.0 Å². The van der Waals surface area contributed by atoms with Crippen LogP contribution in [0.3, 0.4) is 0 Å². The minimum atomic E-state index is -4.94. The highest BCUT2D eigenvalue weighted by molar-refractivity contribution is 5.96. The molecule has 2 rings (SSSR count). The molecular weight excluding hydrogens is 269 g/mol. The predicted octanol–water partition coefficient (Wildman–Crippen LogP) is 3.18. The minimum absolute atomic E-state index is 0.0290. The number of rotatable bonds is 3. The Kier molecular flexibility index (Phi) is 4.02. The zero-order chi connectivity index (χ0) is 14.6. The number of benzene rings is 1. The van der Waals surface area contributed by atoms with Crippen LogP contribution in [0.2, 0.25) is 0 Å². The highest BCUT2D eigenvalue weighted by atomic mass is 19.4. The van der Waals surface area contributed by atoms with Crippen LogP contribution in [0.5, 0.6) is 0 Å². The molecule has 0 aliphatic rings. The first-order valence-electron chi connectivity index (χ1n) is 5.82. The Balaban J connectivity index is 2.33. The van der Waals surface area contributed by atoms with Crippen LogP contribution in [0.15, 0.2) is 54.7 Å². The van der Waals surface area contributed by atoms with E-state index in [9.17, 15) is 18.0 Å². The summed E-state index contributed by atoms with van der Waals surface area (Å²) in [6, 6.07) is 12.9. The van der Waals surface area contributed by atoms with Crippen LogP contribution in [0.1, 0.15) is 5.56 Å². The topological polar surface area (TPSA) is 33.2 Å². The second kappa shape index (κ2) is 5.73. The number of hydrogen-bond acceptors (Lipinski definition) is 2. The van der Waals surface area contributed by atoms with Gasteiger partial charge in [-0.05, 0) is 17.7 Å². The third kappa shape index (κ3) is 3.34. The lowest BCUT2D eigenvalue weighted by Crippen LogP contribution is -2.41. The number of halogens is 3. The van der Waals surface area contributed by atoms with Gasteiger partial charge in [-0.1, -0.05) is 36.4 Å². The maximum absolute atomic E-state index is 12.7. The van der Waals surface area contributed by atoms with Crippen molar-refractivity contribution in [1.82, 2.24) is 4.98 Å². The number of alkyl halides is 3. The fourth-order valence-electron chi connectivity index (χ4n) is 1.69. The molecule has 0 saturated heterocycles. The van der Waals surface area contributed by atoms with Crippen molar-refractivity contribution in [2.24, 2.45) is 0 Å². The van der Waals surface area contributed by atoms with Gasteiger partial charge in [-0.2, -0.15) is 13.2 Å². The first-order valence-corrected chi connectivity index (χ1v) is 5.82. The molecule has 1 heterocycles. The van der Waals surface area contributed by atoms with Crippen LogP contribution >= 0.6 is 0 Å². The molecule has 104 valence electrons. The Hall–Kier alpha value is -2.37. The zero-order valence-electron chi connectivity index (χ0n) is 10.3. The van der Waals surface area contributed by atoms with E-state index < -0.39 is 12.1 Å². The smallest absolute Gasteiger partial charge is 0.284 e. The van der Waals surface area contributed by atoms with Crippen LogP contribution in [0.25, 0.3) is 0 Å². The van der Waals surface area contributed by atoms with E-state index in [1.165, 1.54) is 18.3 Å². The van der Waals surface area contributed by atoms with Crippen LogP contribution in [0.4, 0.5) is 19.0 Å². The molecular formula is C14H11F3N2O. The summed E-state index contributed by atoms with van der Waals surface area (Å²) in [5, 5.41) is 0. The fourth-order valence-corrected chi connectivity index (χ4v) is 1.69. The number of hydrogen-bond donors (Lipinski definition) is 0. The highest BCUT2D eigenvalue weighted by Gasteiger charge is 2.43. The summed E-state index contributed by atoms with van der Waals surface area (Å²) < 4.78 is 38.0. The summed E-state index contributed by atoms with van der Waals surface area (Å²) in [4.78, 5) is 16.0. The lowest BCUT2D eigenvalue weighted by Gasteiger charge is -2.22. The van der Waals surface area contributed by atoms with Gasteiger partial charge in [0.05, 0.1) is 6.54 Å². The molecule has 3 nitrogen and oxygen atoms in total. The van der Waals surface area contributed by atoms with Crippen molar-refractivity contribution >= 4 is 11.7 Å². The van der Waals surface area contributed by atoms with E-state index in [-0.39, 0.29) is 12.4 Å². The maximum atomic E-state index is 12.7. The van der Waals surface area contributed by atoms with Gasteiger partial charge in [-0.25, -0.2) is 4.98 Å². The average Bonchev–Trinajstić information content (AvgIpc) is 2.45. The zero-order valence-corrected chi connectivity index (χ0v) is 10.3. The van der Waals surface area contributed by atoms with Crippen LogP contribution < -0.4 is 4.90 Å². The van der Waals surface area contributed by atoms with Crippen molar-refractivity contribution in [3.8, 4) is 0 Å². The van der Waals surface area contributed by atoms with Crippen molar-refractivity contribution in [3.63, 3.8) is 0 Å². The average molecular weight is 280 g/mol. The summed E-state index contributed by atoms with van der Waals surface area (Å²) in [5.74, 6) is -1.96. The predicted molar refractivity (Wildman–Crippen MR) is 67.9 cm³/mol. The molecule has 0 N–H and O–H groups in total. The SMILES string of the molecule is O=C(N(Cc1ccccc1)c1ccccn1)C(F)(F)F. The monoisotopic (exact) mass is 280 g/mol. The summed E-state index contributed by atoms with van der Waals surface area (Å²) in [5.41, 5.74) is 0.593. The number of carbonyl (C=O) groups is 1. The van der Waals surface area contributed by atoms with E-state index in [4.69, 9.17) is 0 Å². The van der Waals surface area contributed by atoms with Crippen molar-refractivity contribution in [1.29, 1.82) is 0 Å². The molecule has 0 bridgehead atoms. The molecule has 0 aliphatic heterocycles. The summed E-state index contributed by atoms with van der Waals surface area (Å²) in [6.07, 6.45) is -3.59. The number of aromatic nitrogens is 1. The molecule has 0 aliphatic carbocycles. The van der Waals surface area contributed by atoms with Gasteiger partial charge in [0, 0.05) is 6.20 Å². The molecule has 0 radical (unpaired) electrons. The van der Waals surface area contributed by atoms with E-state index in [0.29, 0.717) is 10.5 Å². The lowest BCUT2D eigenvalue weighted by atomic mass is 10.2. The number of amides is 1. The molecule has 0 atom stereocenters. The number of nitrogens with zero attached hydrogens (tertiary/aromatic N) is 2. The van der Waals surface area contributed by atoms with Gasteiger partial charge < -0.3 is 0 Å². The van der Waals surface area contributed by atoms with Gasteiger partial charge in [0.15, 0.2) is 0 Å². The fraction of sp³-hybridized carbons (Fsp3) is 0.143. The molecule has 2 aromatic rings. The Morgan fingerprint density at radius 2 is 1.70 bits per heavy atom. The van der Waals surface area contributed by atoms with Crippen LogP contribution in [0, 0.1) is 0 Å². The van der Waals surface area contributed by atoms with Gasteiger partial charge in [0.1, 0.15) is 5.82 Å². The number of anilines is 1. The maximum Gasteiger partial charge on any atom is 0.471 e. The largest absolute Gasteiger partial charge is 0.471 e. The Labute approximate surface area is 113 Å². The third-order valence-electron chi connectivity index (χ3n) is 2.60. The molecule has 6 heteroatoms. The Bertz CT molecular complexity index is 570. The van der Waals surface area contributed by atoms with Crippen LogP contribution in [-0.4, -0.2) is 17.1 Å². The second-order valence-corrected chi connectivity index (χ2v) is 4.06. The molecule has 1 aromatic heterocycles. The van der Waals surface area contributed by atoms with Crippen LogP contribution in [-0.2, 0) is 11.3 Å². The summed E-state index contributed by atoms with van der Waals surface area (Å²) in [6.45, 7) is -0.184. The Morgan fingerprint density at radius 3 is 2.25 bits per heavy atom. The van der Waals surface area contributed by atoms with E-state index in [2.05, 4.69) is 4.98 Å². The first kappa shape index (κ1) is 14.0. The molecule has 0 unspecified atom stereocenters. The third-order valence-corrected chi connectivity index (χ3v) is 2.60. The minimum Gasteiger partial charge on any atom is -0.284 e. The molecule has 20 heavy (non-hydrogen) atoms. The molecule has 1 aromatic carbocycles. The van der Waals surface area contributed by atoms with Crippen molar-refractivity contribution in [2.75, 3.05) is 4.90 Å². The van der Waals surface area contributed by atoms with E-state index >= 15 is 0 Å². The number of pyridine rings is 1. The van der Waals surface area contributed by atoms with Gasteiger partial charge in [0.25, 0.3) is 0 Å². The van der Waals surface area contributed by atoms with Gasteiger partial charge in [0.2, 0.25) is 0 Å². The Morgan fingerprint density at radius 1 is 1.05 bits per heavy atom. The molecule has 0 fully saturated rings. The molecule has 0 spiro atoms. The first-order chi connectivity index (χ1) is 9.48. The van der Waals surface area contributed by atoms with Gasteiger partial charge in [-0.15, -0.1) is 0 Å². The summed E-state index contributed by atoms with van der Waals surface area (Å²) in [7, 11) is 0. The molecule has 0 saturated carbocycles. The summed E-state index contributed by atoms with van der Waals surface area (Å²) >= 11 is 0. The van der Waals surface area contributed by atoms with Gasteiger partial charge in [-0.3, -0.25) is 9.69 Å². The normalized spacial score (nSPS) is 11.2. The van der Waals surface area contributed by atoms with E-state index in [0.717, 1.165) is 0 Å². The van der Waals surface area contributed by atoms with E-state index in [1.54, 1.807) is 36.4 Å². The van der Waals surface area contributed by atoms with Crippen molar-refractivity contribution in [2.45, 2.75) is 12.7 Å². The molecule has 1 amide bonds. The number of carbonyl (C=O) groups excluding carboxylic acids is 1. The van der Waals surface area contributed by atoms with Crippen molar-refractivity contribution in [3.05, 3.63) is 60.3 Å². The van der Waals surface area contributed by atoms with E-state index in [1.807, 2.05) is 0 Å². The second-order valence-electron chi connectivity index (χ2n) is 4.06. The lowest BCUT2D eigenvalue weighted by molar-refractivity contribution is -0.170. The highest BCUT2D eigenvalue weighted by Crippen LogP contribution is 2.23. The van der Waals surface area contributed by atoms with Gasteiger partial charge >= 0.3 is 12.1 Å². The standard InChI is InChI=1S/C14H11F3N2O/c15-14(16,17)13(20)19(12-8-4-5-9-18-12)10-11-6-2-1-3-7-11/h1-9H,10H2. The quantitative estimate of drug-likeness (QED) is 0.865.